The first kappa shape index (κ1) is 19.6. The number of benzene rings is 2. The minimum Gasteiger partial charge on any atom is -0.452 e. The Kier molecular flexibility index (Phi) is 6.06. The number of para-hydroxylation sites is 1. The maximum atomic E-state index is 12.7. The first-order chi connectivity index (χ1) is 13.4. The SMILES string of the molecule is O=C(/C=C/c1ccccc1)OCC(=O)N(c1ccccc1)[C@@H]1C=CS(=O)(=O)C1. The number of esters is 1. The van der Waals surface area contributed by atoms with Gasteiger partial charge in [0.2, 0.25) is 0 Å². The minimum absolute atomic E-state index is 0.199. The van der Waals surface area contributed by atoms with E-state index in [1.54, 1.807) is 36.4 Å². The molecule has 7 heteroatoms. The fourth-order valence-corrected chi connectivity index (χ4v) is 4.08. The summed E-state index contributed by atoms with van der Waals surface area (Å²) < 4.78 is 28.6. The van der Waals surface area contributed by atoms with Gasteiger partial charge in [-0.2, -0.15) is 0 Å². The van der Waals surface area contributed by atoms with Crippen LogP contribution in [0.5, 0.6) is 0 Å². The molecule has 2 aromatic carbocycles. The van der Waals surface area contributed by atoms with Gasteiger partial charge < -0.3 is 9.64 Å². The first-order valence-corrected chi connectivity index (χ1v) is 10.3. The van der Waals surface area contributed by atoms with Gasteiger partial charge in [0.25, 0.3) is 5.91 Å². The maximum absolute atomic E-state index is 12.7. The van der Waals surface area contributed by atoms with Crippen molar-refractivity contribution in [3.63, 3.8) is 0 Å². The Morgan fingerprint density at radius 1 is 1.04 bits per heavy atom. The lowest BCUT2D eigenvalue weighted by molar-refractivity contribution is -0.143. The van der Waals surface area contributed by atoms with E-state index in [0.717, 1.165) is 11.0 Å². The number of rotatable bonds is 6. The molecular weight excluding hydrogens is 378 g/mol. The van der Waals surface area contributed by atoms with Gasteiger partial charge in [-0.25, -0.2) is 13.2 Å². The van der Waals surface area contributed by atoms with Gasteiger partial charge >= 0.3 is 5.97 Å². The van der Waals surface area contributed by atoms with Crippen LogP contribution in [0, 0.1) is 0 Å². The van der Waals surface area contributed by atoms with E-state index in [2.05, 4.69) is 0 Å². The highest BCUT2D eigenvalue weighted by atomic mass is 32.2. The lowest BCUT2D eigenvalue weighted by atomic mass is 10.2. The zero-order chi connectivity index (χ0) is 20.0. The van der Waals surface area contributed by atoms with E-state index in [1.165, 1.54) is 17.1 Å². The van der Waals surface area contributed by atoms with Gasteiger partial charge in [0.15, 0.2) is 16.4 Å². The van der Waals surface area contributed by atoms with Crippen molar-refractivity contribution in [3.8, 4) is 0 Å². The van der Waals surface area contributed by atoms with Crippen molar-refractivity contribution in [3.05, 3.63) is 83.8 Å². The number of nitrogens with zero attached hydrogens (tertiary/aromatic N) is 1. The molecule has 3 rings (SSSR count). The fraction of sp³-hybridized carbons (Fsp3) is 0.143. The number of hydrogen-bond acceptors (Lipinski definition) is 5. The number of sulfone groups is 1. The van der Waals surface area contributed by atoms with E-state index in [0.29, 0.717) is 5.69 Å². The lowest BCUT2D eigenvalue weighted by Gasteiger charge is -2.27. The zero-order valence-corrected chi connectivity index (χ0v) is 15.8. The molecular formula is C21H19NO5S. The van der Waals surface area contributed by atoms with Crippen molar-refractivity contribution in [1.29, 1.82) is 0 Å². The van der Waals surface area contributed by atoms with Crippen molar-refractivity contribution >= 4 is 33.5 Å². The first-order valence-electron chi connectivity index (χ1n) is 8.62. The number of amides is 1. The minimum atomic E-state index is -3.35. The van der Waals surface area contributed by atoms with E-state index >= 15 is 0 Å². The smallest absolute Gasteiger partial charge is 0.331 e. The largest absolute Gasteiger partial charge is 0.452 e. The van der Waals surface area contributed by atoms with Crippen molar-refractivity contribution in [2.45, 2.75) is 6.04 Å². The van der Waals surface area contributed by atoms with Crippen LogP contribution in [0.15, 0.2) is 78.2 Å². The molecule has 0 saturated carbocycles. The van der Waals surface area contributed by atoms with Crippen molar-refractivity contribution < 1.29 is 22.7 Å². The summed E-state index contributed by atoms with van der Waals surface area (Å²) in [5, 5.41) is 1.11. The van der Waals surface area contributed by atoms with Crippen LogP contribution in [0.3, 0.4) is 0 Å². The third-order valence-electron chi connectivity index (χ3n) is 4.10. The Balaban J connectivity index is 1.67. The van der Waals surface area contributed by atoms with Crippen molar-refractivity contribution in [1.82, 2.24) is 0 Å². The molecule has 2 aromatic rings. The Morgan fingerprint density at radius 3 is 2.29 bits per heavy atom. The van der Waals surface area contributed by atoms with Gasteiger partial charge in [0, 0.05) is 17.2 Å². The Bertz CT molecular complexity index is 998. The summed E-state index contributed by atoms with van der Waals surface area (Å²) in [6, 6.07) is 17.3. The number of ether oxygens (including phenoxy) is 1. The van der Waals surface area contributed by atoms with Crippen molar-refractivity contribution in [2.75, 3.05) is 17.3 Å². The number of carbonyl (C=O) groups excluding carboxylic acids is 2. The van der Waals surface area contributed by atoms with E-state index in [-0.39, 0.29) is 5.75 Å². The summed E-state index contributed by atoms with van der Waals surface area (Å²) in [4.78, 5) is 26.0. The van der Waals surface area contributed by atoms with Crippen LogP contribution in [-0.4, -0.2) is 38.7 Å². The predicted molar refractivity (Wildman–Crippen MR) is 107 cm³/mol. The summed E-state index contributed by atoms with van der Waals surface area (Å²) in [7, 11) is -3.35. The molecule has 0 spiro atoms. The molecule has 6 nitrogen and oxygen atoms in total. The normalized spacial score (nSPS) is 17.5. The molecule has 1 amide bonds. The zero-order valence-electron chi connectivity index (χ0n) is 15.0. The fourth-order valence-electron chi connectivity index (χ4n) is 2.81. The summed E-state index contributed by atoms with van der Waals surface area (Å²) in [6.45, 7) is -0.489. The molecule has 0 radical (unpaired) electrons. The molecule has 1 aliphatic rings. The monoisotopic (exact) mass is 397 g/mol. The molecule has 0 saturated heterocycles. The molecule has 1 heterocycles. The lowest BCUT2D eigenvalue weighted by Crippen LogP contribution is -2.43. The van der Waals surface area contributed by atoms with Gasteiger partial charge in [-0.3, -0.25) is 4.79 Å². The number of anilines is 1. The van der Waals surface area contributed by atoms with Gasteiger partial charge in [-0.15, -0.1) is 0 Å². The van der Waals surface area contributed by atoms with Gasteiger partial charge in [0.05, 0.1) is 11.8 Å². The molecule has 1 aliphatic heterocycles. The molecule has 144 valence electrons. The maximum Gasteiger partial charge on any atom is 0.331 e. The Labute approximate surface area is 163 Å². The summed E-state index contributed by atoms with van der Waals surface area (Å²) in [5.41, 5.74) is 1.37. The molecule has 0 aromatic heterocycles. The summed E-state index contributed by atoms with van der Waals surface area (Å²) >= 11 is 0. The van der Waals surface area contributed by atoms with Crippen LogP contribution < -0.4 is 4.90 Å². The van der Waals surface area contributed by atoms with Crippen molar-refractivity contribution in [2.24, 2.45) is 0 Å². The molecule has 0 aliphatic carbocycles. The molecule has 28 heavy (non-hydrogen) atoms. The predicted octanol–water partition coefficient (Wildman–Crippen LogP) is 2.59. The van der Waals surface area contributed by atoms with Gasteiger partial charge in [-0.05, 0) is 29.8 Å². The third-order valence-corrected chi connectivity index (χ3v) is 5.47. The van der Waals surface area contributed by atoms with Crippen LogP contribution in [0.4, 0.5) is 5.69 Å². The molecule has 0 bridgehead atoms. The Morgan fingerprint density at radius 2 is 1.68 bits per heavy atom. The van der Waals surface area contributed by atoms with Gasteiger partial charge in [-0.1, -0.05) is 48.5 Å². The quantitative estimate of drug-likeness (QED) is 0.553. The number of hydrogen-bond donors (Lipinski definition) is 0. The second kappa shape index (κ2) is 8.67. The van der Waals surface area contributed by atoms with Crippen LogP contribution in [0.2, 0.25) is 0 Å². The highest BCUT2D eigenvalue weighted by Gasteiger charge is 2.31. The standard InChI is InChI=1S/C21H19NO5S/c23-20(15-27-21(24)12-11-17-7-3-1-4-8-17)22(18-9-5-2-6-10-18)19-13-14-28(25,26)16-19/h1-14,19H,15-16H2/b12-11+/t19-/m1/s1. The highest BCUT2D eigenvalue weighted by Crippen LogP contribution is 2.22. The topological polar surface area (TPSA) is 80.8 Å². The van der Waals surface area contributed by atoms with E-state index < -0.39 is 34.4 Å². The summed E-state index contributed by atoms with van der Waals surface area (Å²) in [5.74, 6) is -1.35. The van der Waals surface area contributed by atoms with E-state index in [1.807, 2.05) is 30.3 Å². The van der Waals surface area contributed by atoms with Crippen LogP contribution >= 0.6 is 0 Å². The molecule has 0 unspecified atom stereocenters. The van der Waals surface area contributed by atoms with Crippen LogP contribution in [0.25, 0.3) is 6.08 Å². The third kappa shape index (κ3) is 5.17. The second-order valence-corrected chi connectivity index (χ2v) is 8.11. The molecule has 0 fully saturated rings. The van der Waals surface area contributed by atoms with E-state index in [4.69, 9.17) is 4.74 Å². The summed E-state index contributed by atoms with van der Waals surface area (Å²) in [6.07, 6.45) is 4.31. The van der Waals surface area contributed by atoms with Crippen LogP contribution in [0.1, 0.15) is 5.56 Å². The van der Waals surface area contributed by atoms with Crippen LogP contribution in [-0.2, 0) is 24.2 Å². The second-order valence-electron chi connectivity index (χ2n) is 6.18. The Hall–Kier alpha value is -3.19. The average Bonchev–Trinajstić information content (AvgIpc) is 3.06. The molecule has 1 atom stereocenters. The average molecular weight is 397 g/mol. The highest BCUT2D eigenvalue weighted by molar-refractivity contribution is 7.94. The molecule has 0 N–H and O–H groups in total. The van der Waals surface area contributed by atoms with Gasteiger partial charge in [0.1, 0.15) is 0 Å². The van der Waals surface area contributed by atoms with E-state index in [9.17, 15) is 18.0 Å². The number of carbonyl (C=O) groups is 2.